The molecule has 1 amide bonds. The number of amides is 1. The highest BCUT2D eigenvalue weighted by atomic mass is 35.5. The summed E-state index contributed by atoms with van der Waals surface area (Å²) in [6.07, 6.45) is 2.91. The first-order valence-corrected chi connectivity index (χ1v) is 8.48. The minimum absolute atomic E-state index is 0.197. The van der Waals surface area contributed by atoms with Crippen LogP contribution in [0.5, 0.6) is 0 Å². The molecule has 128 valence electrons. The summed E-state index contributed by atoms with van der Waals surface area (Å²) in [4.78, 5) is 23.9. The van der Waals surface area contributed by atoms with Gasteiger partial charge in [-0.05, 0) is 30.4 Å². The summed E-state index contributed by atoms with van der Waals surface area (Å²) in [6, 6.07) is 8.02. The number of ether oxygens (including phenoxy) is 1. The third-order valence-electron chi connectivity index (χ3n) is 4.70. The molecule has 0 fully saturated rings. The molecular weight excluding hydrogens is 330 g/mol. The van der Waals surface area contributed by atoms with Crippen LogP contribution in [0.1, 0.15) is 30.1 Å². The van der Waals surface area contributed by atoms with Crippen molar-refractivity contribution in [3.63, 3.8) is 0 Å². The van der Waals surface area contributed by atoms with E-state index in [4.69, 9.17) is 16.3 Å². The second-order valence-electron chi connectivity index (χ2n) is 6.20. The van der Waals surface area contributed by atoms with Gasteiger partial charge in [-0.3, -0.25) is 9.59 Å². The maximum Gasteiger partial charge on any atom is 0.307 e. The van der Waals surface area contributed by atoms with E-state index < -0.39 is 17.8 Å². The highest BCUT2D eigenvalue weighted by Gasteiger charge is 2.36. The average molecular weight is 350 g/mol. The van der Waals surface area contributed by atoms with Crippen molar-refractivity contribution in [2.45, 2.75) is 25.4 Å². The van der Waals surface area contributed by atoms with E-state index in [9.17, 15) is 14.7 Å². The molecule has 0 bridgehead atoms. The fraction of sp³-hybridized carbons (Fsp3) is 0.444. The van der Waals surface area contributed by atoms with Crippen LogP contribution >= 0.6 is 11.6 Å². The third-order valence-corrected chi connectivity index (χ3v) is 5.01. The Kier molecular flexibility index (Phi) is 5.21. The normalized spacial score (nSPS) is 26.2. The molecule has 3 rings (SSSR count). The highest BCUT2D eigenvalue weighted by molar-refractivity contribution is 6.29. The van der Waals surface area contributed by atoms with E-state index in [0.717, 1.165) is 12.0 Å². The molecular formula is C18H20ClNO4. The van der Waals surface area contributed by atoms with E-state index in [1.54, 1.807) is 6.08 Å². The molecule has 1 aromatic rings. The van der Waals surface area contributed by atoms with Crippen LogP contribution in [0, 0.1) is 11.8 Å². The van der Waals surface area contributed by atoms with Gasteiger partial charge in [0.15, 0.2) is 0 Å². The number of hydrogen-bond donors (Lipinski definition) is 2. The standard InChI is InChI=1S/C18H20ClNO4/c19-12-5-6-14(18(22)23)15(9-12)17(21)20-10-16-13-4-2-1-3-11(13)7-8-24-16/h1-5,14-16H,6-10H2,(H,20,21)(H,22,23)/t14-,15+,16+/m1/s1. The topological polar surface area (TPSA) is 75.6 Å². The zero-order valence-corrected chi connectivity index (χ0v) is 14.0. The van der Waals surface area contributed by atoms with E-state index in [-0.39, 0.29) is 24.9 Å². The molecule has 0 radical (unpaired) electrons. The van der Waals surface area contributed by atoms with E-state index in [0.29, 0.717) is 18.2 Å². The fourth-order valence-corrected chi connectivity index (χ4v) is 3.63. The van der Waals surface area contributed by atoms with Crippen LogP contribution in [0.15, 0.2) is 35.4 Å². The largest absolute Gasteiger partial charge is 0.481 e. The summed E-state index contributed by atoms with van der Waals surface area (Å²) in [5.74, 6) is -2.61. The van der Waals surface area contributed by atoms with Crippen LogP contribution < -0.4 is 5.32 Å². The van der Waals surface area contributed by atoms with Gasteiger partial charge in [0.1, 0.15) is 6.10 Å². The van der Waals surface area contributed by atoms with Crippen molar-refractivity contribution in [1.82, 2.24) is 5.32 Å². The summed E-state index contributed by atoms with van der Waals surface area (Å²) < 4.78 is 5.77. The van der Waals surface area contributed by atoms with Crippen molar-refractivity contribution in [2.24, 2.45) is 11.8 Å². The highest BCUT2D eigenvalue weighted by Crippen LogP contribution is 2.32. The van der Waals surface area contributed by atoms with Crippen molar-refractivity contribution in [1.29, 1.82) is 0 Å². The molecule has 24 heavy (non-hydrogen) atoms. The van der Waals surface area contributed by atoms with Gasteiger partial charge in [0.05, 0.1) is 18.4 Å². The molecule has 1 aliphatic carbocycles. The monoisotopic (exact) mass is 349 g/mol. The SMILES string of the molecule is O=C(NC[C@@H]1OCCc2ccccc21)[C@H]1CC(Cl)=CC[C@H]1C(=O)O. The molecule has 1 heterocycles. The van der Waals surface area contributed by atoms with E-state index in [1.165, 1.54) is 5.56 Å². The van der Waals surface area contributed by atoms with Crippen LogP contribution in [-0.2, 0) is 20.7 Å². The van der Waals surface area contributed by atoms with Crippen LogP contribution in [0.2, 0.25) is 0 Å². The maximum atomic E-state index is 12.5. The Morgan fingerprint density at radius 2 is 2.08 bits per heavy atom. The maximum absolute atomic E-state index is 12.5. The number of nitrogens with one attached hydrogen (secondary N) is 1. The third kappa shape index (κ3) is 3.62. The van der Waals surface area contributed by atoms with Crippen LogP contribution in [-0.4, -0.2) is 30.1 Å². The number of rotatable bonds is 4. The Bertz CT molecular complexity index is 673. The number of aliphatic carboxylic acids is 1. The zero-order chi connectivity index (χ0) is 17.1. The molecule has 0 saturated heterocycles. The first-order valence-electron chi connectivity index (χ1n) is 8.10. The molecule has 0 unspecified atom stereocenters. The first-order chi connectivity index (χ1) is 11.6. The van der Waals surface area contributed by atoms with E-state index >= 15 is 0 Å². The molecule has 0 spiro atoms. The predicted octanol–water partition coefficient (Wildman–Crippen LogP) is 2.65. The molecule has 6 heteroatoms. The molecule has 5 nitrogen and oxygen atoms in total. The predicted molar refractivity (Wildman–Crippen MR) is 89.6 cm³/mol. The number of fused-ring (bicyclic) bond motifs is 1. The van der Waals surface area contributed by atoms with Crippen molar-refractivity contribution in [2.75, 3.05) is 13.2 Å². The van der Waals surface area contributed by atoms with Crippen molar-refractivity contribution < 1.29 is 19.4 Å². The molecule has 2 aliphatic rings. The lowest BCUT2D eigenvalue weighted by Gasteiger charge is -2.29. The zero-order valence-electron chi connectivity index (χ0n) is 13.2. The quantitative estimate of drug-likeness (QED) is 0.876. The number of carboxylic acids is 1. The summed E-state index contributed by atoms with van der Waals surface area (Å²) in [7, 11) is 0. The lowest BCUT2D eigenvalue weighted by atomic mass is 9.82. The number of hydrogen-bond acceptors (Lipinski definition) is 3. The van der Waals surface area contributed by atoms with Gasteiger partial charge < -0.3 is 15.2 Å². The van der Waals surface area contributed by atoms with Crippen LogP contribution in [0.4, 0.5) is 0 Å². The molecule has 0 aromatic heterocycles. The molecule has 2 N–H and O–H groups in total. The van der Waals surface area contributed by atoms with Crippen molar-refractivity contribution in [3.05, 3.63) is 46.5 Å². The summed E-state index contributed by atoms with van der Waals surface area (Å²) in [5, 5.41) is 12.7. The number of halogens is 1. The van der Waals surface area contributed by atoms with Gasteiger partial charge in [0.25, 0.3) is 0 Å². The van der Waals surface area contributed by atoms with Crippen molar-refractivity contribution in [3.8, 4) is 0 Å². The van der Waals surface area contributed by atoms with Gasteiger partial charge in [-0.25, -0.2) is 0 Å². The Morgan fingerprint density at radius 1 is 1.29 bits per heavy atom. The summed E-state index contributed by atoms with van der Waals surface area (Å²) in [5.41, 5.74) is 2.32. The molecule has 0 saturated carbocycles. The molecule has 3 atom stereocenters. The summed E-state index contributed by atoms with van der Waals surface area (Å²) in [6.45, 7) is 0.952. The van der Waals surface area contributed by atoms with Gasteiger partial charge in [0, 0.05) is 11.6 Å². The summed E-state index contributed by atoms with van der Waals surface area (Å²) >= 11 is 6.00. The van der Waals surface area contributed by atoms with E-state index in [1.807, 2.05) is 18.2 Å². The lowest BCUT2D eigenvalue weighted by molar-refractivity contribution is -0.147. The molecule has 1 aliphatic heterocycles. The minimum Gasteiger partial charge on any atom is -0.481 e. The second-order valence-corrected chi connectivity index (χ2v) is 6.68. The molecule has 1 aromatic carbocycles. The Labute approximate surface area is 145 Å². The Balaban J connectivity index is 1.65. The fourth-order valence-electron chi connectivity index (χ4n) is 3.37. The number of carbonyl (C=O) groups excluding carboxylic acids is 1. The lowest BCUT2D eigenvalue weighted by Crippen LogP contribution is -2.41. The van der Waals surface area contributed by atoms with Gasteiger partial charge in [0.2, 0.25) is 5.91 Å². The minimum atomic E-state index is -0.963. The van der Waals surface area contributed by atoms with Gasteiger partial charge in [-0.15, -0.1) is 0 Å². The van der Waals surface area contributed by atoms with Crippen LogP contribution in [0.25, 0.3) is 0 Å². The number of allylic oxidation sites excluding steroid dienone is 2. The Hall–Kier alpha value is -1.85. The number of carboxylic acid groups (broad SMARTS) is 1. The second kappa shape index (κ2) is 7.36. The number of benzene rings is 1. The van der Waals surface area contributed by atoms with Gasteiger partial charge in [-0.1, -0.05) is 41.9 Å². The number of carbonyl (C=O) groups is 2. The van der Waals surface area contributed by atoms with Gasteiger partial charge >= 0.3 is 5.97 Å². The van der Waals surface area contributed by atoms with E-state index in [2.05, 4.69) is 11.4 Å². The van der Waals surface area contributed by atoms with Crippen molar-refractivity contribution >= 4 is 23.5 Å². The average Bonchev–Trinajstić information content (AvgIpc) is 2.59. The Morgan fingerprint density at radius 3 is 2.88 bits per heavy atom. The van der Waals surface area contributed by atoms with Gasteiger partial charge in [-0.2, -0.15) is 0 Å². The van der Waals surface area contributed by atoms with Crippen LogP contribution in [0.3, 0.4) is 0 Å². The first kappa shape index (κ1) is 17.0. The smallest absolute Gasteiger partial charge is 0.307 e.